The van der Waals surface area contributed by atoms with Gasteiger partial charge in [0.1, 0.15) is 17.0 Å². The van der Waals surface area contributed by atoms with Gasteiger partial charge >= 0.3 is 0 Å². The zero-order valence-electron chi connectivity index (χ0n) is 14.9. The lowest BCUT2D eigenvalue weighted by molar-refractivity contribution is 0.0737. The highest BCUT2D eigenvalue weighted by atomic mass is 32.1. The van der Waals surface area contributed by atoms with Gasteiger partial charge in [-0.1, -0.05) is 17.4 Å². The number of imidazole rings is 1. The summed E-state index contributed by atoms with van der Waals surface area (Å²) in [6, 6.07) is 6.03. The zero-order valence-corrected chi connectivity index (χ0v) is 15.7. The Morgan fingerprint density at radius 3 is 2.77 bits per heavy atom. The van der Waals surface area contributed by atoms with E-state index in [1.165, 1.54) is 0 Å². The summed E-state index contributed by atoms with van der Waals surface area (Å²) in [4.78, 5) is 25.5. The molecule has 0 radical (unpaired) electrons. The van der Waals surface area contributed by atoms with Gasteiger partial charge in [0.05, 0.1) is 23.8 Å². The summed E-state index contributed by atoms with van der Waals surface area (Å²) in [6.07, 6.45) is 3.28. The first kappa shape index (κ1) is 16.8. The largest absolute Gasteiger partial charge is 0.492 e. The summed E-state index contributed by atoms with van der Waals surface area (Å²) in [7, 11) is 1.84. The van der Waals surface area contributed by atoms with Crippen molar-refractivity contribution in [1.82, 2.24) is 19.4 Å². The van der Waals surface area contributed by atoms with Crippen molar-refractivity contribution in [3.05, 3.63) is 36.4 Å². The Labute approximate surface area is 155 Å². The lowest BCUT2D eigenvalue weighted by atomic mass is 10.3. The van der Waals surface area contributed by atoms with E-state index in [2.05, 4.69) is 16.0 Å². The van der Waals surface area contributed by atoms with Crippen molar-refractivity contribution in [2.24, 2.45) is 7.05 Å². The number of benzene rings is 1. The molecule has 3 aromatic rings. The first-order valence-corrected chi connectivity index (χ1v) is 9.52. The maximum Gasteiger partial charge on any atom is 0.272 e. The Hall–Kier alpha value is -2.61. The second-order valence-corrected chi connectivity index (χ2v) is 7.21. The van der Waals surface area contributed by atoms with Crippen molar-refractivity contribution in [3.63, 3.8) is 0 Å². The molecule has 3 heterocycles. The van der Waals surface area contributed by atoms with Crippen molar-refractivity contribution in [2.45, 2.75) is 6.92 Å². The molecule has 1 amide bonds. The normalized spacial score (nSPS) is 14.8. The van der Waals surface area contributed by atoms with Crippen LogP contribution in [0.5, 0.6) is 5.75 Å². The third-order valence-corrected chi connectivity index (χ3v) is 5.63. The highest BCUT2D eigenvalue weighted by Gasteiger charge is 2.25. The quantitative estimate of drug-likeness (QED) is 0.705. The lowest BCUT2D eigenvalue weighted by Gasteiger charge is -2.34. The Morgan fingerprint density at radius 1 is 1.27 bits per heavy atom. The number of aryl methyl sites for hydroxylation is 1. The van der Waals surface area contributed by atoms with Crippen LogP contribution in [0.3, 0.4) is 0 Å². The van der Waals surface area contributed by atoms with Gasteiger partial charge in [-0.3, -0.25) is 4.79 Å². The van der Waals surface area contributed by atoms with Gasteiger partial charge in [0.15, 0.2) is 5.13 Å². The van der Waals surface area contributed by atoms with Gasteiger partial charge in [0.2, 0.25) is 0 Å². The van der Waals surface area contributed by atoms with E-state index >= 15 is 0 Å². The van der Waals surface area contributed by atoms with E-state index < -0.39 is 0 Å². The van der Waals surface area contributed by atoms with Crippen molar-refractivity contribution in [3.8, 4) is 5.75 Å². The maximum atomic E-state index is 12.6. The van der Waals surface area contributed by atoms with Crippen molar-refractivity contribution >= 4 is 32.6 Å². The molecule has 0 N–H and O–H groups in total. The third kappa shape index (κ3) is 3.01. The Bertz CT molecular complexity index is 927. The molecule has 0 spiro atoms. The molecule has 7 nitrogen and oxygen atoms in total. The van der Waals surface area contributed by atoms with E-state index in [9.17, 15) is 4.79 Å². The summed E-state index contributed by atoms with van der Waals surface area (Å²) in [5.74, 6) is 0.866. The van der Waals surface area contributed by atoms with Crippen molar-refractivity contribution in [1.29, 1.82) is 0 Å². The molecule has 2 aromatic heterocycles. The monoisotopic (exact) mass is 371 g/mol. The number of thiazole rings is 1. The van der Waals surface area contributed by atoms with Gasteiger partial charge in [0, 0.05) is 33.2 Å². The SMILES string of the molecule is CCOc1cccc2sc(N3CCN(C(=O)c4cncn4C)CC3)nc12. The number of rotatable bonds is 4. The number of fused-ring (bicyclic) bond motifs is 1. The topological polar surface area (TPSA) is 63.5 Å². The molecular formula is C18H21N5O2S. The summed E-state index contributed by atoms with van der Waals surface area (Å²) >= 11 is 1.67. The molecule has 1 saturated heterocycles. The van der Waals surface area contributed by atoms with E-state index in [4.69, 9.17) is 9.72 Å². The number of amides is 1. The highest BCUT2D eigenvalue weighted by molar-refractivity contribution is 7.22. The fraction of sp³-hybridized carbons (Fsp3) is 0.389. The average Bonchev–Trinajstić information content (AvgIpc) is 3.28. The van der Waals surface area contributed by atoms with Gasteiger partial charge in [-0.05, 0) is 19.1 Å². The highest BCUT2D eigenvalue weighted by Crippen LogP contribution is 2.34. The van der Waals surface area contributed by atoms with E-state index in [1.54, 1.807) is 28.4 Å². The molecule has 0 atom stereocenters. The van der Waals surface area contributed by atoms with E-state index in [-0.39, 0.29) is 5.91 Å². The fourth-order valence-electron chi connectivity index (χ4n) is 3.14. The molecule has 1 fully saturated rings. The molecule has 4 rings (SSSR count). The van der Waals surface area contributed by atoms with Gasteiger partial charge < -0.3 is 19.1 Å². The Kier molecular flexibility index (Phi) is 4.50. The first-order chi connectivity index (χ1) is 12.7. The first-order valence-electron chi connectivity index (χ1n) is 8.70. The molecule has 26 heavy (non-hydrogen) atoms. The number of nitrogens with zero attached hydrogens (tertiary/aromatic N) is 5. The molecule has 1 aliphatic rings. The minimum Gasteiger partial charge on any atom is -0.492 e. The predicted molar refractivity (Wildman–Crippen MR) is 102 cm³/mol. The number of anilines is 1. The summed E-state index contributed by atoms with van der Waals surface area (Å²) < 4.78 is 8.57. The molecule has 1 aromatic carbocycles. The minimum absolute atomic E-state index is 0.0348. The predicted octanol–water partition coefficient (Wildman–Crippen LogP) is 2.39. The van der Waals surface area contributed by atoms with Crippen LogP contribution < -0.4 is 9.64 Å². The van der Waals surface area contributed by atoms with Crippen LogP contribution in [0.25, 0.3) is 10.2 Å². The van der Waals surface area contributed by atoms with Crippen LogP contribution in [-0.4, -0.2) is 58.1 Å². The molecule has 0 bridgehead atoms. The smallest absolute Gasteiger partial charge is 0.272 e. The standard InChI is InChI=1S/C18H21N5O2S/c1-3-25-14-5-4-6-15-16(14)20-18(26-15)23-9-7-22(8-10-23)17(24)13-11-19-12-21(13)2/h4-6,11-12H,3,7-10H2,1-2H3. The van der Waals surface area contributed by atoms with Crippen LogP contribution in [0.4, 0.5) is 5.13 Å². The Balaban J connectivity index is 1.48. The number of carbonyl (C=O) groups is 1. The third-order valence-electron chi connectivity index (χ3n) is 4.54. The zero-order chi connectivity index (χ0) is 18.1. The molecule has 0 saturated carbocycles. The van der Waals surface area contributed by atoms with E-state index in [0.29, 0.717) is 25.4 Å². The number of carbonyl (C=O) groups excluding carboxylic acids is 1. The van der Waals surface area contributed by atoms with Gasteiger partial charge in [-0.2, -0.15) is 0 Å². The molecule has 8 heteroatoms. The summed E-state index contributed by atoms with van der Waals surface area (Å²) in [5, 5.41) is 0.986. The molecule has 0 aliphatic carbocycles. The molecule has 136 valence electrons. The summed E-state index contributed by atoms with van der Waals surface area (Å²) in [5.41, 5.74) is 1.54. The number of ether oxygens (including phenoxy) is 1. The van der Waals surface area contributed by atoms with Crippen LogP contribution in [-0.2, 0) is 7.05 Å². The van der Waals surface area contributed by atoms with E-state index in [1.807, 2.05) is 31.0 Å². The average molecular weight is 371 g/mol. The minimum atomic E-state index is 0.0348. The number of hydrogen-bond donors (Lipinski definition) is 0. The Morgan fingerprint density at radius 2 is 2.08 bits per heavy atom. The van der Waals surface area contributed by atoms with Crippen LogP contribution in [0, 0.1) is 0 Å². The maximum absolute atomic E-state index is 12.6. The lowest BCUT2D eigenvalue weighted by Crippen LogP contribution is -2.49. The fourth-order valence-corrected chi connectivity index (χ4v) is 4.18. The van der Waals surface area contributed by atoms with Crippen LogP contribution in [0.2, 0.25) is 0 Å². The second kappa shape index (κ2) is 6.95. The molecule has 1 aliphatic heterocycles. The molecule has 0 unspecified atom stereocenters. The van der Waals surface area contributed by atoms with Crippen LogP contribution in [0.1, 0.15) is 17.4 Å². The molecular weight excluding hydrogens is 350 g/mol. The number of para-hydroxylation sites is 1. The van der Waals surface area contributed by atoms with Gasteiger partial charge in [-0.15, -0.1) is 0 Å². The second-order valence-electron chi connectivity index (χ2n) is 6.20. The summed E-state index contributed by atoms with van der Waals surface area (Å²) in [6.45, 7) is 5.50. The van der Waals surface area contributed by atoms with Crippen LogP contribution in [0.15, 0.2) is 30.7 Å². The van der Waals surface area contributed by atoms with E-state index in [0.717, 1.165) is 34.2 Å². The van der Waals surface area contributed by atoms with Gasteiger partial charge in [0.25, 0.3) is 5.91 Å². The van der Waals surface area contributed by atoms with Gasteiger partial charge in [-0.25, -0.2) is 9.97 Å². The van der Waals surface area contributed by atoms with Crippen molar-refractivity contribution in [2.75, 3.05) is 37.7 Å². The van der Waals surface area contributed by atoms with Crippen molar-refractivity contribution < 1.29 is 9.53 Å². The number of aromatic nitrogens is 3. The number of hydrogen-bond acceptors (Lipinski definition) is 6. The van der Waals surface area contributed by atoms with Crippen LogP contribution >= 0.6 is 11.3 Å². The number of piperazine rings is 1.